The van der Waals surface area contributed by atoms with Crippen molar-refractivity contribution in [3.63, 3.8) is 0 Å². The number of unbranched alkanes of at least 4 members (excludes halogenated alkanes) is 15. The van der Waals surface area contributed by atoms with Gasteiger partial charge in [-0.25, -0.2) is 4.79 Å². The number of nitrogens with two attached hydrogens (primary N) is 1. The van der Waals surface area contributed by atoms with E-state index in [1.807, 2.05) is 20.6 Å². The zero-order valence-corrected chi connectivity index (χ0v) is 19.9. The van der Waals surface area contributed by atoms with Crippen LogP contribution in [0.15, 0.2) is 0 Å². The molecule has 0 unspecified atom stereocenters. The van der Waals surface area contributed by atoms with Gasteiger partial charge in [-0.05, 0) is 12.3 Å². The Morgan fingerprint density at radius 2 is 1.03 bits per heavy atom. The third-order valence-corrected chi connectivity index (χ3v) is 4.69. The minimum Gasteiger partial charge on any atom is -0.396 e. The molecule has 0 aliphatic heterocycles. The molecule has 5 heteroatoms. The third-order valence-electron chi connectivity index (χ3n) is 4.69. The van der Waals surface area contributed by atoms with Gasteiger partial charge in [0.25, 0.3) is 0 Å². The number of primary amides is 1. The highest BCUT2D eigenvalue weighted by atomic mass is 16.3. The number of rotatable bonds is 18. The molecule has 0 heterocycles. The molecule has 4 N–H and O–H groups in total. The molecule has 0 rings (SSSR count). The smallest absolute Gasteiger partial charge is 0.312 e. The Balaban J connectivity index is -0.000000833. The van der Waals surface area contributed by atoms with Crippen molar-refractivity contribution >= 4 is 12.8 Å². The largest absolute Gasteiger partial charge is 0.396 e. The van der Waals surface area contributed by atoms with Crippen LogP contribution >= 0.6 is 0 Å². The molecule has 0 aliphatic rings. The topological polar surface area (TPSA) is 92.4 Å². The molecule has 0 saturated carbocycles. The summed E-state index contributed by atoms with van der Waals surface area (Å²) in [5, 5.41) is 10.8. The summed E-state index contributed by atoms with van der Waals surface area (Å²) < 4.78 is 0. The van der Waals surface area contributed by atoms with E-state index in [4.69, 9.17) is 15.6 Å². The van der Waals surface area contributed by atoms with Gasteiger partial charge in [0.2, 0.25) is 0 Å². The second-order valence-corrected chi connectivity index (χ2v) is 8.17. The van der Waals surface area contributed by atoms with Crippen LogP contribution in [0.2, 0.25) is 0 Å². The minimum atomic E-state index is -0.402. The Bertz CT molecular complexity index is 300. The van der Waals surface area contributed by atoms with Crippen LogP contribution in [0.3, 0.4) is 0 Å². The van der Waals surface area contributed by atoms with Gasteiger partial charge in [-0.2, -0.15) is 0 Å². The molecule has 2 amide bonds. The van der Waals surface area contributed by atoms with Gasteiger partial charge in [0, 0.05) is 13.2 Å². The number of amides is 2. The fraction of sp³-hybridized carbons (Fsp3) is 0.917. The first-order chi connectivity index (χ1) is 14.0. The number of urea groups is 1. The van der Waals surface area contributed by atoms with Gasteiger partial charge in [-0.3, -0.25) is 0 Å². The van der Waals surface area contributed by atoms with Gasteiger partial charge < -0.3 is 21.0 Å². The van der Waals surface area contributed by atoms with Crippen molar-refractivity contribution in [3.8, 4) is 0 Å². The van der Waals surface area contributed by atoms with E-state index in [0.29, 0.717) is 12.5 Å². The SMILES string of the molecule is C=O.CC(C)CO.CCCCCCCCCCCCCCCCCCNC(N)=O. The van der Waals surface area contributed by atoms with Crippen molar-refractivity contribution < 1.29 is 14.7 Å². The third kappa shape index (κ3) is 42.1. The Morgan fingerprint density at radius 3 is 1.28 bits per heavy atom. The van der Waals surface area contributed by atoms with E-state index in [9.17, 15) is 4.79 Å². The molecule has 0 saturated heterocycles. The lowest BCUT2D eigenvalue weighted by atomic mass is 10.0. The lowest BCUT2D eigenvalue weighted by Gasteiger charge is -2.04. The normalized spacial score (nSPS) is 9.97. The maximum atomic E-state index is 10.5. The molecule has 5 nitrogen and oxygen atoms in total. The van der Waals surface area contributed by atoms with Crippen molar-refractivity contribution in [1.82, 2.24) is 5.32 Å². The fourth-order valence-electron chi connectivity index (χ4n) is 2.88. The average Bonchev–Trinajstić information content (AvgIpc) is 2.72. The van der Waals surface area contributed by atoms with Crippen LogP contribution in [-0.4, -0.2) is 31.1 Å². The minimum absolute atomic E-state index is 0.306. The molecule has 0 atom stereocenters. The summed E-state index contributed by atoms with van der Waals surface area (Å²) in [5.74, 6) is 0.440. The first-order valence-corrected chi connectivity index (χ1v) is 12.0. The Labute approximate surface area is 181 Å². The van der Waals surface area contributed by atoms with E-state index in [1.54, 1.807) is 0 Å². The monoisotopic (exact) mass is 416 g/mol. The number of aliphatic hydroxyl groups is 1. The molecule has 29 heavy (non-hydrogen) atoms. The summed E-state index contributed by atoms with van der Waals surface area (Å²) in [5.41, 5.74) is 5.01. The summed E-state index contributed by atoms with van der Waals surface area (Å²) in [6, 6.07) is -0.402. The number of carbonyl (C=O) groups excluding carboxylic acids is 2. The molecule has 0 radical (unpaired) electrons. The van der Waals surface area contributed by atoms with Crippen LogP contribution in [0.25, 0.3) is 0 Å². The number of nitrogens with one attached hydrogen (secondary N) is 1. The molecule has 0 aromatic rings. The van der Waals surface area contributed by atoms with Crippen molar-refractivity contribution in [3.05, 3.63) is 0 Å². The number of hydrogen-bond donors (Lipinski definition) is 3. The van der Waals surface area contributed by atoms with Gasteiger partial charge in [0.05, 0.1) is 0 Å². The summed E-state index contributed by atoms with van der Waals surface area (Å²) in [4.78, 5) is 18.5. The van der Waals surface area contributed by atoms with E-state index < -0.39 is 6.03 Å². The summed E-state index contributed by atoms with van der Waals surface area (Å²) in [7, 11) is 0. The molecule has 0 bridgehead atoms. The summed E-state index contributed by atoms with van der Waals surface area (Å²) in [6.07, 6.45) is 21.9. The molecule has 0 aliphatic carbocycles. The summed E-state index contributed by atoms with van der Waals surface area (Å²) >= 11 is 0. The number of aliphatic hydroxyl groups excluding tert-OH is 1. The fourth-order valence-corrected chi connectivity index (χ4v) is 2.88. The highest BCUT2D eigenvalue weighted by molar-refractivity contribution is 5.71. The zero-order chi connectivity index (χ0) is 22.6. The average molecular weight is 417 g/mol. The Morgan fingerprint density at radius 1 is 0.759 bits per heavy atom. The molecular formula is C24H52N2O3. The van der Waals surface area contributed by atoms with Crippen LogP contribution in [-0.2, 0) is 4.79 Å². The van der Waals surface area contributed by atoms with Gasteiger partial charge in [0.15, 0.2) is 0 Å². The highest BCUT2D eigenvalue weighted by Crippen LogP contribution is 2.13. The molecule has 0 aromatic carbocycles. The van der Waals surface area contributed by atoms with Crippen LogP contribution in [0.4, 0.5) is 4.79 Å². The molecule has 0 fully saturated rings. The standard InChI is InChI=1S/C19H40N2O.C4H10O.CH2O/c1-2-3-4-5-6-7-8-9-10-11-12-13-14-15-16-17-18-21-19(20)22;1-4(2)3-5;1-2/h2-18H2,1H3,(H3,20,21,22);4-5H,3H2,1-2H3;1H2. The van der Waals surface area contributed by atoms with E-state index in [-0.39, 0.29) is 0 Å². The summed E-state index contributed by atoms with van der Waals surface area (Å²) in [6.45, 7) is 9.26. The first kappa shape index (κ1) is 32.6. The van der Waals surface area contributed by atoms with E-state index in [1.165, 1.54) is 96.3 Å². The van der Waals surface area contributed by atoms with Crippen LogP contribution in [0.1, 0.15) is 124 Å². The second-order valence-electron chi connectivity index (χ2n) is 8.17. The maximum absolute atomic E-state index is 10.5. The van der Waals surface area contributed by atoms with Crippen molar-refractivity contribution in [1.29, 1.82) is 0 Å². The van der Waals surface area contributed by atoms with Gasteiger partial charge in [0.1, 0.15) is 6.79 Å². The number of hydrogen-bond acceptors (Lipinski definition) is 3. The predicted octanol–water partition coefficient (Wildman–Crippen LogP) is 6.37. The van der Waals surface area contributed by atoms with Crippen LogP contribution in [0, 0.1) is 5.92 Å². The van der Waals surface area contributed by atoms with Gasteiger partial charge >= 0.3 is 6.03 Å². The van der Waals surface area contributed by atoms with Gasteiger partial charge in [-0.15, -0.1) is 0 Å². The first-order valence-electron chi connectivity index (χ1n) is 12.0. The van der Waals surface area contributed by atoms with Crippen LogP contribution in [0.5, 0.6) is 0 Å². The lowest BCUT2D eigenvalue weighted by Crippen LogP contribution is -2.29. The maximum Gasteiger partial charge on any atom is 0.312 e. The van der Waals surface area contributed by atoms with Crippen LogP contribution < -0.4 is 11.1 Å². The van der Waals surface area contributed by atoms with Gasteiger partial charge in [-0.1, -0.05) is 117 Å². The van der Waals surface area contributed by atoms with E-state index >= 15 is 0 Å². The lowest BCUT2D eigenvalue weighted by molar-refractivity contribution is -0.0980. The highest BCUT2D eigenvalue weighted by Gasteiger charge is 1.95. The number of carbonyl (C=O) groups is 2. The molecule has 0 aromatic heterocycles. The molecule has 176 valence electrons. The molecular weight excluding hydrogens is 364 g/mol. The molecule has 0 spiro atoms. The van der Waals surface area contributed by atoms with Crippen molar-refractivity contribution in [2.24, 2.45) is 11.7 Å². The van der Waals surface area contributed by atoms with E-state index in [2.05, 4.69) is 12.2 Å². The Kier molecular flexibility index (Phi) is 35.5. The van der Waals surface area contributed by atoms with Crippen molar-refractivity contribution in [2.75, 3.05) is 13.2 Å². The zero-order valence-electron chi connectivity index (χ0n) is 19.9. The Hall–Kier alpha value is -1.10. The van der Waals surface area contributed by atoms with E-state index in [0.717, 1.165) is 13.0 Å². The second kappa shape index (κ2) is 31.6. The quantitative estimate of drug-likeness (QED) is 0.227. The van der Waals surface area contributed by atoms with Crippen molar-refractivity contribution in [2.45, 2.75) is 124 Å². The predicted molar refractivity (Wildman–Crippen MR) is 126 cm³/mol.